The molecular weight excluding hydrogens is 417 g/mol. The molecule has 158 valence electrons. The predicted octanol–water partition coefficient (Wildman–Crippen LogP) is 7.72. The van der Waals surface area contributed by atoms with Gasteiger partial charge in [-0.25, -0.2) is 0 Å². The summed E-state index contributed by atoms with van der Waals surface area (Å²) in [6.45, 7) is 0. The molecule has 0 saturated heterocycles. The molecule has 0 radical (unpaired) electrons. The average molecular weight is 442 g/mol. The highest BCUT2D eigenvalue weighted by molar-refractivity contribution is 7.77. The van der Waals surface area contributed by atoms with Gasteiger partial charge in [0.15, 0.2) is 0 Å². The highest BCUT2D eigenvalue weighted by Crippen LogP contribution is 2.48. The van der Waals surface area contributed by atoms with Gasteiger partial charge in [0.05, 0.1) is 5.69 Å². The van der Waals surface area contributed by atoms with E-state index < -0.39 is 7.92 Å². The van der Waals surface area contributed by atoms with Crippen molar-refractivity contribution in [3.8, 4) is 11.3 Å². The third kappa shape index (κ3) is 3.69. The second-order valence-electron chi connectivity index (χ2n) is 8.34. The van der Waals surface area contributed by atoms with Gasteiger partial charge in [-0.1, -0.05) is 109 Å². The molecule has 0 saturated carbocycles. The van der Waals surface area contributed by atoms with Crippen LogP contribution in [0.25, 0.3) is 32.8 Å². The highest BCUT2D eigenvalue weighted by atomic mass is 31.1. The second-order valence-corrected chi connectivity index (χ2v) is 10.5. The molecule has 1 unspecified atom stereocenters. The summed E-state index contributed by atoms with van der Waals surface area (Å²) in [6.07, 6.45) is 11.3. The number of hydrogen-bond acceptors (Lipinski definition) is 1. The quantitative estimate of drug-likeness (QED) is 0.260. The number of fused-ring (bicyclic) bond motifs is 2. The van der Waals surface area contributed by atoms with E-state index in [1.54, 1.807) is 0 Å². The Bertz CT molecular complexity index is 1510. The van der Waals surface area contributed by atoms with Crippen molar-refractivity contribution in [3.63, 3.8) is 0 Å². The lowest BCUT2D eigenvalue weighted by molar-refractivity contribution is 1.03. The zero-order valence-electron chi connectivity index (χ0n) is 18.4. The SMILES string of the molecule is C1=CC(P(c2ccccc2)c2ccc3ccccc3c2-c2nccc3ccccc23)=CCC1. The first-order valence-corrected chi connectivity index (χ1v) is 12.8. The Balaban J connectivity index is 1.71. The summed E-state index contributed by atoms with van der Waals surface area (Å²) in [5.41, 5.74) is 2.34. The molecule has 1 nitrogen and oxygen atoms in total. The van der Waals surface area contributed by atoms with Crippen LogP contribution in [0.3, 0.4) is 0 Å². The molecule has 6 rings (SSSR count). The summed E-state index contributed by atoms with van der Waals surface area (Å²) in [5, 5.41) is 9.12. The van der Waals surface area contributed by atoms with Crippen molar-refractivity contribution in [1.29, 1.82) is 0 Å². The van der Waals surface area contributed by atoms with Crippen LogP contribution in [-0.2, 0) is 0 Å². The molecule has 1 aliphatic rings. The normalized spacial score (nSPS) is 14.4. The monoisotopic (exact) mass is 441 g/mol. The number of pyridine rings is 1. The van der Waals surface area contributed by atoms with Crippen LogP contribution in [0.5, 0.6) is 0 Å². The number of allylic oxidation sites excluding steroid dienone is 4. The zero-order valence-corrected chi connectivity index (χ0v) is 19.3. The van der Waals surface area contributed by atoms with Gasteiger partial charge in [0.1, 0.15) is 0 Å². The summed E-state index contributed by atoms with van der Waals surface area (Å²) in [7, 11) is -0.708. The third-order valence-electron chi connectivity index (χ3n) is 6.31. The van der Waals surface area contributed by atoms with Crippen molar-refractivity contribution in [1.82, 2.24) is 4.98 Å². The molecule has 2 heteroatoms. The third-order valence-corrected chi connectivity index (χ3v) is 8.82. The lowest BCUT2D eigenvalue weighted by Gasteiger charge is -2.25. The van der Waals surface area contributed by atoms with E-state index in [2.05, 4.69) is 115 Å². The van der Waals surface area contributed by atoms with Gasteiger partial charge in [0.25, 0.3) is 0 Å². The fourth-order valence-electron chi connectivity index (χ4n) is 4.78. The maximum atomic E-state index is 4.98. The average Bonchev–Trinajstić information content (AvgIpc) is 2.90. The van der Waals surface area contributed by atoms with Crippen LogP contribution in [0, 0.1) is 0 Å². The minimum Gasteiger partial charge on any atom is -0.256 e. The van der Waals surface area contributed by atoms with Crippen LogP contribution in [0.1, 0.15) is 12.8 Å². The van der Waals surface area contributed by atoms with E-state index >= 15 is 0 Å². The van der Waals surface area contributed by atoms with Gasteiger partial charge in [-0.05, 0) is 58.9 Å². The van der Waals surface area contributed by atoms with E-state index in [0.717, 1.165) is 18.5 Å². The maximum absolute atomic E-state index is 4.98. The molecule has 33 heavy (non-hydrogen) atoms. The Labute approximate surface area is 195 Å². The van der Waals surface area contributed by atoms with Crippen molar-refractivity contribution in [2.24, 2.45) is 0 Å². The predicted molar refractivity (Wildman–Crippen MR) is 144 cm³/mol. The van der Waals surface area contributed by atoms with E-state index in [1.165, 1.54) is 43.0 Å². The largest absolute Gasteiger partial charge is 0.256 e. The fraction of sp³-hybridized carbons (Fsp3) is 0.0645. The lowest BCUT2D eigenvalue weighted by atomic mass is 9.98. The smallest absolute Gasteiger partial charge is 0.0793 e. The molecule has 4 aromatic carbocycles. The molecular formula is C31H24NP. The molecule has 1 aliphatic carbocycles. The fourth-order valence-corrected chi connectivity index (χ4v) is 7.35. The first kappa shape index (κ1) is 20.1. The van der Waals surface area contributed by atoms with Gasteiger partial charge >= 0.3 is 0 Å². The van der Waals surface area contributed by atoms with Crippen molar-refractivity contribution in [2.75, 3.05) is 0 Å². The van der Waals surface area contributed by atoms with E-state index in [-0.39, 0.29) is 0 Å². The molecule has 1 atom stereocenters. The first-order valence-electron chi connectivity index (χ1n) is 11.5. The Kier molecular flexibility index (Phi) is 5.34. The van der Waals surface area contributed by atoms with Crippen molar-refractivity contribution in [3.05, 3.63) is 127 Å². The Hall–Kier alpha value is -3.54. The van der Waals surface area contributed by atoms with Gasteiger partial charge < -0.3 is 0 Å². The molecule has 0 spiro atoms. The van der Waals surface area contributed by atoms with Crippen molar-refractivity contribution >= 4 is 40.1 Å². The van der Waals surface area contributed by atoms with E-state index in [0.29, 0.717) is 0 Å². The van der Waals surface area contributed by atoms with Crippen LogP contribution in [-0.4, -0.2) is 4.98 Å². The Morgan fingerprint density at radius 1 is 0.636 bits per heavy atom. The Morgan fingerprint density at radius 3 is 2.15 bits per heavy atom. The zero-order chi connectivity index (χ0) is 22.0. The van der Waals surface area contributed by atoms with Gasteiger partial charge in [-0.15, -0.1) is 0 Å². The highest BCUT2D eigenvalue weighted by Gasteiger charge is 2.24. The van der Waals surface area contributed by atoms with Gasteiger partial charge in [-0.2, -0.15) is 0 Å². The molecule has 0 fully saturated rings. The summed E-state index contributed by atoms with van der Waals surface area (Å²) < 4.78 is 0. The van der Waals surface area contributed by atoms with Crippen LogP contribution in [0.2, 0.25) is 0 Å². The first-order chi connectivity index (χ1) is 16.4. The summed E-state index contributed by atoms with van der Waals surface area (Å²) in [6, 6.07) is 35.1. The number of benzene rings is 4. The minimum atomic E-state index is -0.708. The van der Waals surface area contributed by atoms with Gasteiger partial charge in [0.2, 0.25) is 0 Å². The summed E-state index contributed by atoms with van der Waals surface area (Å²) in [4.78, 5) is 4.98. The van der Waals surface area contributed by atoms with Crippen LogP contribution < -0.4 is 10.6 Å². The van der Waals surface area contributed by atoms with Crippen LogP contribution in [0.15, 0.2) is 127 Å². The standard InChI is InChI=1S/C31H24NP/c1-3-13-25(14-4-1)33(26-15-5-2-6-16-26)29-20-19-23-11-7-9-17-27(23)30(29)31-28-18-10-8-12-24(28)21-22-32-31/h1,3-5,7-22H,2,6H2. The Morgan fingerprint density at radius 2 is 1.36 bits per heavy atom. The van der Waals surface area contributed by atoms with E-state index in [9.17, 15) is 0 Å². The molecule has 0 bridgehead atoms. The van der Waals surface area contributed by atoms with Crippen LogP contribution >= 0.6 is 7.92 Å². The molecule has 5 aromatic rings. The molecule has 0 aliphatic heterocycles. The number of rotatable bonds is 4. The van der Waals surface area contributed by atoms with Crippen LogP contribution in [0.4, 0.5) is 0 Å². The van der Waals surface area contributed by atoms with Crippen molar-refractivity contribution in [2.45, 2.75) is 12.8 Å². The summed E-state index contributed by atoms with van der Waals surface area (Å²) in [5.74, 6) is 0. The lowest BCUT2D eigenvalue weighted by Crippen LogP contribution is -2.16. The van der Waals surface area contributed by atoms with Gasteiger partial charge in [-0.3, -0.25) is 4.98 Å². The molecule has 1 heterocycles. The summed E-state index contributed by atoms with van der Waals surface area (Å²) >= 11 is 0. The minimum absolute atomic E-state index is 0.708. The second kappa shape index (κ2) is 8.77. The van der Waals surface area contributed by atoms with E-state index in [1.807, 2.05) is 6.20 Å². The van der Waals surface area contributed by atoms with Gasteiger partial charge in [0, 0.05) is 17.1 Å². The number of hydrogen-bond donors (Lipinski definition) is 0. The topological polar surface area (TPSA) is 12.9 Å². The van der Waals surface area contributed by atoms with E-state index in [4.69, 9.17) is 4.98 Å². The number of aromatic nitrogens is 1. The molecule has 1 aromatic heterocycles. The van der Waals surface area contributed by atoms with Crippen molar-refractivity contribution < 1.29 is 0 Å². The molecule has 0 N–H and O–H groups in total. The maximum Gasteiger partial charge on any atom is 0.0793 e. The molecule has 0 amide bonds. The number of nitrogens with zero attached hydrogens (tertiary/aromatic N) is 1.